The first-order valence-electron chi connectivity index (χ1n) is 5.65. The van der Waals surface area contributed by atoms with Gasteiger partial charge in [-0.3, -0.25) is 4.79 Å². The standard InChI is InChI=1S/C11H15O3Si/c12-10-4-11(5-13-10)3-7-1-8(11)9(2-7)14-6-15/h7-9H,1-6H2. The van der Waals surface area contributed by atoms with Gasteiger partial charge in [0.25, 0.3) is 0 Å². The Labute approximate surface area is 92.9 Å². The van der Waals surface area contributed by atoms with Gasteiger partial charge < -0.3 is 9.47 Å². The van der Waals surface area contributed by atoms with E-state index in [0.29, 0.717) is 31.3 Å². The monoisotopic (exact) mass is 223 g/mol. The highest BCUT2D eigenvalue weighted by Gasteiger charge is 2.59. The molecule has 4 atom stereocenters. The number of fused-ring (bicyclic) bond motifs is 3. The molecule has 0 amide bonds. The largest absolute Gasteiger partial charge is 0.465 e. The average molecular weight is 223 g/mol. The van der Waals surface area contributed by atoms with E-state index in [4.69, 9.17) is 9.47 Å². The molecular weight excluding hydrogens is 208 g/mol. The summed E-state index contributed by atoms with van der Waals surface area (Å²) in [4.78, 5) is 11.3. The molecule has 3 aliphatic rings. The predicted octanol–water partition coefficient (Wildman–Crippen LogP) is 0.861. The summed E-state index contributed by atoms with van der Waals surface area (Å²) in [5.41, 5.74) is 0.131. The Morgan fingerprint density at radius 3 is 3.00 bits per heavy atom. The molecule has 0 aromatic heterocycles. The lowest BCUT2D eigenvalue weighted by molar-refractivity contribution is -0.137. The molecule has 4 unspecified atom stereocenters. The number of carbonyl (C=O) groups is 1. The lowest BCUT2D eigenvalue weighted by Gasteiger charge is -2.36. The molecular formula is C11H15O3Si. The number of hydrogen-bond acceptors (Lipinski definition) is 3. The molecule has 3 radical (unpaired) electrons. The van der Waals surface area contributed by atoms with Gasteiger partial charge in [0.1, 0.15) is 0 Å². The maximum Gasteiger partial charge on any atom is 0.306 e. The van der Waals surface area contributed by atoms with Crippen molar-refractivity contribution in [3.8, 4) is 0 Å². The van der Waals surface area contributed by atoms with Crippen molar-refractivity contribution < 1.29 is 14.3 Å². The van der Waals surface area contributed by atoms with Gasteiger partial charge in [-0.25, -0.2) is 0 Å². The third-order valence-corrected chi connectivity index (χ3v) is 4.56. The van der Waals surface area contributed by atoms with Crippen LogP contribution in [0.25, 0.3) is 0 Å². The van der Waals surface area contributed by atoms with E-state index >= 15 is 0 Å². The fraction of sp³-hybridized carbons (Fsp3) is 0.909. The molecule has 1 aliphatic heterocycles. The Morgan fingerprint density at radius 2 is 2.40 bits per heavy atom. The van der Waals surface area contributed by atoms with Crippen molar-refractivity contribution in [3.63, 3.8) is 0 Å². The molecule has 0 N–H and O–H groups in total. The highest BCUT2D eigenvalue weighted by Crippen LogP contribution is 2.60. The molecule has 3 rings (SSSR count). The van der Waals surface area contributed by atoms with Gasteiger partial charge in [-0.15, -0.1) is 0 Å². The summed E-state index contributed by atoms with van der Waals surface area (Å²) in [6, 6.07) is 0. The van der Waals surface area contributed by atoms with Crippen LogP contribution in [-0.4, -0.2) is 35.2 Å². The van der Waals surface area contributed by atoms with Gasteiger partial charge >= 0.3 is 5.97 Å². The second kappa shape index (κ2) is 3.32. The van der Waals surface area contributed by atoms with Gasteiger partial charge in [-0.2, -0.15) is 0 Å². The minimum absolute atomic E-state index is 0.0142. The average Bonchev–Trinajstić information content (AvgIpc) is 2.82. The van der Waals surface area contributed by atoms with Crippen LogP contribution in [0.1, 0.15) is 25.7 Å². The van der Waals surface area contributed by atoms with Gasteiger partial charge in [-0.05, 0) is 31.1 Å². The smallest absolute Gasteiger partial charge is 0.306 e. The molecule has 1 heterocycles. The van der Waals surface area contributed by atoms with Gasteiger partial charge in [-0.1, -0.05) is 0 Å². The molecule has 3 nitrogen and oxygen atoms in total. The SMILES string of the molecule is O=C1CC2(CO1)CC1CC(OC[Si])C2C1. The van der Waals surface area contributed by atoms with E-state index in [-0.39, 0.29) is 11.4 Å². The summed E-state index contributed by atoms with van der Waals surface area (Å²) >= 11 is 0. The Morgan fingerprint density at radius 1 is 1.53 bits per heavy atom. The third-order valence-electron chi connectivity index (χ3n) is 4.40. The van der Waals surface area contributed by atoms with Crippen molar-refractivity contribution in [2.45, 2.75) is 31.8 Å². The van der Waals surface area contributed by atoms with Crippen LogP contribution in [0.5, 0.6) is 0 Å². The number of hydrogen-bond donors (Lipinski definition) is 0. The van der Waals surface area contributed by atoms with Crippen LogP contribution in [0.3, 0.4) is 0 Å². The molecule has 1 spiro atoms. The van der Waals surface area contributed by atoms with Crippen LogP contribution < -0.4 is 0 Å². The van der Waals surface area contributed by atoms with E-state index < -0.39 is 0 Å². The second-order valence-electron chi connectivity index (χ2n) is 5.20. The van der Waals surface area contributed by atoms with E-state index in [0.717, 1.165) is 5.92 Å². The first-order valence-corrected chi connectivity index (χ1v) is 6.36. The topological polar surface area (TPSA) is 35.5 Å². The van der Waals surface area contributed by atoms with Crippen molar-refractivity contribution in [3.05, 3.63) is 0 Å². The number of carbonyl (C=O) groups excluding carboxylic acids is 1. The maximum absolute atomic E-state index is 11.3. The first-order chi connectivity index (χ1) is 7.23. The third kappa shape index (κ3) is 1.38. The van der Waals surface area contributed by atoms with Crippen LogP contribution in [-0.2, 0) is 14.3 Å². The minimum Gasteiger partial charge on any atom is -0.465 e. The van der Waals surface area contributed by atoms with Gasteiger partial charge in [0, 0.05) is 11.6 Å². The zero-order chi connectivity index (χ0) is 10.5. The lowest BCUT2D eigenvalue weighted by Crippen LogP contribution is -2.38. The molecule has 2 bridgehead atoms. The molecule has 0 aromatic rings. The quantitative estimate of drug-likeness (QED) is 0.514. The van der Waals surface area contributed by atoms with Crippen molar-refractivity contribution in [1.82, 2.24) is 0 Å². The van der Waals surface area contributed by atoms with Gasteiger partial charge in [0.2, 0.25) is 0 Å². The van der Waals surface area contributed by atoms with E-state index in [1.165, 1.54) is 19.3 Å². The van der Waals surface area contributed by atoms with Crippen molar-refractivity contribution in [2.24, 2.45) is 17.3 Å². The van der Waals surface area contributed by atoms with Crippen LogP contribution in [0, 0.1) is 17.3 Å². The summed E-state index contributed by atoms with van der Waals surface area (Å²) < 4.78 is 10.9. The normalized spacial score (nSPS) is 47.8. The second-order valence-corrected chi connectivity index (χ2v) is 5.49. The Kier molecular flexibility index (Phi) is 2.18. The van der Waals surface area contributed by atoms with Crippen LogP contribution in [0.15, 0.2) is 0 Å². The molecule has 2 saturated carbocycles. The van der Waals surface area contributed by atoms with Crippen molar-refractivity contribution in [2.75, 3.05) is 12.8 Å². The van der Waals surface area contributed by atoms with E-state index in [9.17, 15) is 4.79 Å². The summed E-state index contributed by atoms with van der Waals surface area (Å²) in [5.74, 6) is 1.29. The number of esters is 1. The molecule has 2 aliphatic carbocycles. The van der Waals surface area contributed by atoms with Crippen LogP contribution in [0.2, 0.25) is 0 Å². The fourth-order valence-electron chi connectivity index (χ4n) is 3.91. The Hall–Kier alpha value is -0.353. The molecule has 15 heavy (non-hydrogen) atoms. The summed E-state index contributed by atoms with van der Waals surface area (Å²) in [5, 5.41) is 0. The summed E-state index contributed by atoms with van der Waals surface area (Å²) in [7, 11) is 3.37. The van der Waals surface area contributed by atoms with E-state index in [1.54, 1.807) is 0 Å². The molecule has 4 heteroatoms. The highest BCUT2D eigenvalue weighted by atomic mass is 28.1. The number of rotatable bonds is 2. The predicted molar refractivity (Wildman–Crippen MR) is 54.3 cm³/mol. The van der Waals surface area contributed by atoms with E-state index in [2.05, 4.69) is 10.2 Å². The van der Waals surface area contributed by atoms with Crippen LogP contribution in [0.4, 0.5) is 0 Å². The van der Waals surface area contributed by atoms with Crippen molar-refractivity contribution in [1.29, 1.82) is 0 Å². The zero-order valence-electron chi connectivity index (χ0n) is 8.70. The summed E-state index contributed by atoms with van der Waals surface area (Å²) in [6.07, 6.45) is 5.13. The summed E-state index contributed by atoms with van der Waals surface area (Å²) in [6.45, 7) is 0.634. The van der Waals surface area contributed by atoms with Crippen molar-refractivity contribution >= 4 is 16.2 Å². The molecule has 81 valence electrons. The first kappa shape index (κ1) is 9.84. The molecule has 0 aromatic carbocycles. The maximum atomic E-state index is 11.3. The Bertz CT molecular complexity index is 294. The minimum atomic E-state index is -0.0142. The molecule has 1 saturated heterocycles. The molecule has 3 fully saturated rings. The van der Waals surface area contributed by atoms with E-state index in [1.807, 2.05) is 0 Å². The lowest BCUT2D eigenvalue weighted by atomic mass is 9.71. The van der Waals surface area contributed by atoms with Crippen LogP contribution >= 0.6 is 0 Å². The Balaban J connectivity index is 1.79. The highest BCUT2D eigenvalue weighted by molar-refractivity contribution is 6.08. The zero-order valence-corrected chi connectivity index (χ0v) is 9.70. The fourth-order valence-corrected chi connectivity index (χ4v) is 4.13. The number of ether oxygens (including phenoxy) is 2. The van der Waals surface area contributed by atoms with Gasteiger partial charge in [0.15, 0.2) is 0 Å². The van der Waals surface area contributed by atoms with Gasteiger partial charge in [0.05, 0.1) is 29.4 Å². The number of cyclic esters (lactones) is 1.